The molecule has 1 saturated heterocycles. The lowest BCUT2D eigenvalue weighted by atomic mass is 10.1. The second-order valence-corrected chi connectivity index (χ2v) is 8.47. The smallest absolute Gasteiger partial charge is 0.254 e. The lowest BCUT2D eigenvalue weighted by Crippen LogP contribution is -2.42. The van der Waals surface area contributed by atoms with Crippen molar-refractivity contribution >= 4 is 56.4 Å². The van der Waals surface area contributed by atoms with E-state index < -0.39 is 0 Å². The van der Waals surface area contributed by atoms with Crippen LogP contribution in [-0.4, -0.2) is 40.6 Å². The first-order chi connectivity index (χ1) is 13.1. The molecular formula is C19H23ClIN3O2S. The third kappa shape index (κ3) is 5.49. The standard InChI is InChI=1S/C19H23ClIN3O2S/c20-11-24-8-2-1-3-14(10-24)23-19(25)16-9-17(27-18(16)22)13-4-6-15(7-5-13)26-12-21/h4-7,9,14H,1-3,8,10-12,22H2,(H,23,25)/t14-/m0/s1. The molecule has 1 fully saturated rings. The fourth-order valence-corrected chi connectivity index (χ4v) is 4.72. The summed E-state index contributed by atoms with van der Waals surface area (Å²) < 4.78 is 6.07. The fourth-order valence-electron chi connectivity index (χ4n) is 3.21. The number of hydrogen-bond acceptors (Lipinski definition) is 5. The van der Waals surface area contributed by atoms with Gasteiger partial charge in [-0.15, -0.1) is 22.9 Å². The van der Waals surface area contributed by atoms with Gasteiger partial charge >= 0.3 is 0 Å². The molecule has 3 N–H and O–H groups in total. The van der Waals surface area contributed by atoms with Gasteiger partial charge in [0.1, 0.15) is 10.4 Å². The van der Waals surface area contributed by atoms with Crippen LogP contribution in [-0.2, 0) is 0 Å². The third-order valence-electron chi connectivity index (χ3n) is 4.63. The monoisotopic (exact) mass is 519 g/mol. The van der Waals surface area contributed by atoms with E-state index in [0.29, 0.717) is 21.2 Å². The number of benzene rings is 1. The lowest BCUT2D eigenvalue weighted by molar-refractivity contribution is 0.0929. The summed E-state index contributed by atoms with van der Waals surface area (Å²) in [6.07, 6.45) is 3.17. The number of carbonyl (C=O) groups excluding carboxylic acids is 1. The summed E-state index contributed by atoms with van der Waals surface area (Å²) in [7, 11) is 0. The zero-order valence-electron chi connectivity index (χ0n) is 14.9. The predicted molar refractivity (Wildman–Crippen MR) is 121 cm³/mol. The number of nitrogens with one attached hydrogen (secondary N) is 1. The van der Waals surface area contributed by atoms with Gasteiger partial charge < -0.3 is 15.8 Å². The quantitative estimate of drug-likeness (QED) is 0.334. The summed E-state index contributed by atoms with van der Waals surface area (Å²) in [4.78, 5) is 15.9. The van der Waals surface area contributed by atoms with E-state index in [1.54, 1.807) is 0 Å². The molecule has 5 nitrogen and oxygen atoms in total. The highest BCUT2D eigenvalue weighted by Gasteiger charge is 2.22. The number of amides is 1. The van der Waals surface area contributed by atoms with E-state index in [1.807, 2.05) is 30.3 Å². The maximum Gasteiger partial charge on any atom is 0.254 e. The Bertz CT molecular complexity index is 769. The van der Waals surface area contributed by atoms with Crippen LogP contribution in [0, 0.1) is 0 Å². The van der Waals surface area contributed by atoms with Crippen molar-refractivity contribution in [2.45, 2.75) is 25.3 Å². The van der Waals surface area contributed by atoms with Crippen molar-refractivity contribution < 1.29 is 9.53 Å². The van der Waals surface area contributed by atoms with Crippen molar-refractivity contribution in [1.29, 1.82) is 0 Å². The molecule has 1 aliphatic rings. The van der Waals surface area contributed by atoms with Gasteiger partial charge in [0.15, 0.2) is 0 Å². The minimum absolute atomic E-state index is 0.103. The molecule has 0 spiro atoms. The Morgan fingerprint density at radius 2 is 2.15 bits per heavy atom. The summed E-state index contributed by atoms with van der Waals surface area (Å²) in [5.74, 6) is 0.717. The number of anilines is 1. The first-order valence-corrected chi connectivity index (χ1v) is 11.8. The highest BCUT2D eigenvalue weighted by Crippen LogP contribution is 2.34. The Balaban J connectivity index is 1.70. The van der Waals surface area contributed by atoms with Crippen LogP contribution >= 0.6 is 45.5 Å². The van der Waals surface area contributed by atoms with Crippen molar-refractivity contribution in [3.8, 4) is 16.2 Å². The first kappa shape index (κ1) is 20.7. The van der Waals surface area contributed by atoms with Crippen LogP contribution in [0.1, 0.15) is 29.6 Å². The second-order valence-electron chi connectivity index (χ2n) is 6.53. The van der Waals surface area contributed by atoms with E-state index >= 15 is 0 Å². The molecule has 1 aliphatic heterocycles. The molecule has 8 heteroatoms. The molecule has 0 aliphatic carbocycles. The Labute approximate surface area is 182 Å². The number of alkyl halides is 2. The first-order valence-electron chi connectivity index (χ1n) is 8.88. The van der Waals surface area contributed by atoms with E-state index in [9.17, 15) is 4.79 Å². The van der Waals surface area contributed by atoms with E-state index in [2.05, 4.69) is 32.8 Å². The summed E-state index contributed by atoms with van der Waals surface area (Å²) >= 11 is 9.58. The molecule has 0 saturated carbocycles. The van der Waals surface area contributed by atoms with Crippen molar-refractivity contribution in [3.63, 3.8) is 0 Å². The number of carbonyl (C=O) groups is 1. The Morgan fingerprint density at radius 3 is 2.85 bits per heavy atom. The summed E-state index contributed by atoms with van der Waals surface area (Å²) in [6.45, 7) is 1.77. The van der Waals surface area contributed by atoms with Crippen molar-refractivity contribution in [2.24, 2.45) is 0 Å². The Hall–Kier alpha value is -1.03. The van der Waals surface area contributed by atoms with Crippen LogP contribution in [0.3, 0.4) is 0 Å². The number of ether oxygens (including phenoxy) is 1. The van der Waals surface area contributed by atoms with Gasteiger partial charge in [-0.05, 0) is 77.9 Å². The van der Waals surface area contributed by atoms with Crippen LogP contribution in [0.2, 0.25) is 0 Å². The SMILES string of the molecule is Nc1sc(-c2ccc(OCI)cc2)cc1C(=O)N[C@H]1CCCCN(CCl)C1. The van der Waals surface area contributed by atoms with Gasteiger partial charge in [0.25, 0.3) is 5.91 Å². The zero-order chi connectivity index (χ0) is 19.2. The van der Waals surface area contributed by atoms with Crippen molar-refractivity contribution in [1.82, 2.24) is 10.2 Å². The van der Waals surface area contributed by atoms with E-state index in [4.69, 9.17) is 22.1 Å². The molecule has 3 rings (SSSR count). The molecule has 1 amide bonds. The Kier molecular flexibility index (Phi) is 7.63. The Morgan fingerprint density at radius 1 is 1.37 bits per heavy atom. The molecule has 1 aromatic heterocycles. The number of rotatable bonds is 6. The summed E-state index contributed by atoms with van der Waals surface area (Å²) in [6, 6.07) is 10.3. The average Bonchev–Trinajstić information content (AvgIpc) is 2.92. The molecule has 0 unspecified atom stereocenters. The largest absolute Gasteiger partial charge is 0.483 e. The van der Waals surface area contributed by atoms with Crippen LogP contribution in [0.15, 0.2) is 30.3 Å². The van der Waals surface area contributed by atoms with Crippen LogP contribution in [0.25, 0.3) is 10.4 Å². The topological polar surface area (TPSA) is 67.6 Å². The molecule has 2 aromatic rings. The van der Waals surface area contributed by atoms with Gasteiger partial charge in [0, 0.05) is 17.5 Å². The lowest BCUT2D eigenvalue weighted by Gasteiger charge is -2.22. The molecular weight excluding hydrogens is 497 g/mol. The number of likely N-dealkylation sites (tertiary alicyclic amines) is 1. The zero-order valence-corrected chi connectivity index (χ0v) is 18.6. The minimum Gasteiger partial charge on any atom is -0.483 e. The van der Waals surface area contributed by atoms with Crippen LogP contribution in [0.5, 0.6) is 5.75 Å². The van der Waals surface area contributed by atoms with E-state index in [1.165, 1.54) is 11.3 Å². The number of nitrogens with zero attached hydrogens (tertiary/aromatic N) is 1. The highest BCUT2D eigenvalue weighted by molar-refractivity contribution is 14.1. The average molecular weight is 520 g/mol. The maximum atomic E-state index is 12.8. The normalized spacial score (nSPS) is 18.1. The third-order valence-corrected chi connectivity index (χ3v) is 6.29. The highest BCUT2D eigenvalue weighted by atomic mass is 127. The number of hydrogen-bond donors (Lipinski definition) is 2. The molecule has 0 radical (unpaired) electrons. The van der Waals surface area contributed by atoms with Gasteiger partial charge in [-0.2, -0.15) is 0 Å². The second kappa shape index (κ2) is 9.95. The molecule has 1 atom stereocenters. The maximum absolute atomic E-state index is 12.8. The molecule has 146 valence electrons. The number of halogens is 2. The molecule has 1 aromatic carbocycles. The minimum atomic E-state index is -0.110. The van der Waals surface area contributed by atoms with Gasteiger partial charge in [-0.1, -0.05) is 6.42 Å². The molecule has 2 heterocycles. The molecule has 0 bridgehead atoms. The van der Waals surface area contributed by atoms with Crippen LogP contribution < -0.4 is 15.8 Å². The van der Waals surface area contributed by atoms with E-state index in [0.717, 1.165) is 48.5 Å². The van der Waals surface area contributed by atoms with Gasteiger partial charge in [-0.25, -0.2) is 0 Å². The summed E-state index contributed by atoms with van der Waals surface area (Å²) in [5.41, 5.74) is 7.72. The summed E-state index contributed by atoms with van der Waals surface area (Å²) in [5, 5.41) is 3.68. The number of nitrogen functional groups attached to an aromatic ring is 1. The fraction of sp³-hybridized carbons (Fsp3) is 0.421. The number of nitrogens with two attached hydrogens (primary N) is 1. The molecule has 27 heavy (non-hydrogen) atoms. The van der Waals surface area contributed by atoms with Gasteiger partial charge in [0.05, 0.1) is 16.6 Å². The van der Waals surface area contributed by atoms with Crippen LogP contribution in [0.4, 0.5) is 5.00 Å². The van der Waals surface area contributed by atoms with E-state index in [-0.39, 0.29) is 11.9 Å². The van der Waals surface area contributed by atoms with Crippen molar-refractivity contribution in [3.05, 3.63) is 35.9 Å². The van der Waals surface area contributed by atoms with Gasteiger partial charge in [-0.3, -0.25) is 9.69 Å². The predicted octanol–water partition coefficient (Wildman–Crippen LogP) is 4.55. The number of thiophene rings is 1. The van der Waals surface area contributed by atoms with Crippen molar-refractivity contribution in [2.75, 3.05) is 29.4 Å². The van der Waals surface area contributed by atoms with Gasteiger partial charge in [0.2, 0.25) is 0 Å².